The fourth-order valence-corrected chi connectivity index (χ4v) is 3.27. The first kappa shape index (κ1) is 16.1. The average molecular weight is 305 g/mol. The van der Waals surface area contributed by atoms with E-state index in [2.05, 4.69) is 48.5 Å². The van der Waals surface area contributed by atoms with E-state index >= 15 is 0 Å². The van der Waals surface area contributed by atoms with Crippen LogP contribution in [0, 0.1) is 13.8 Å². The van der Waals surface area contributed by atoms with Gasteiger partial charge in [0.2, 0.25) is 0 Å². The lowest BCUT2D eigenvalue weighted by atomic mass is 10.2. The van der Waals surface area contributed by atoms with E-state index in [4.69, 9.17) is 4.74 Å². The molecular formula is C16H23N3OS. The summed E-state index contributed by atoms with van der Waals surface area (Å²) in [7, 11) is 3.72. The summed E-state index contributed by atoms with van der Waals surface area (Å²) < 4.78 is 7.04. The van der Waals surface area contributed by atoms with Gasteiger partial charge in [-0.1, -0.05) is 30.0 Å². The predicted molar refractivity (Wildman–Crippen MR) is 86.8 cm³/mol. The van der Waals surface area contributed by atoms with Gasteiger partial charge in [0.05, 0.1) is 12.3 Å². The lowest BCUT2D eigenvalue weighted by molar-refractivity contribution is 0.199. The molecule has 1 aromatic heterocycles. The van der Waals surface area contributed by atoms with Crippen LogP contribution in [0.3, 0.4) is 0 Å². The highest BCUT2D eigenvalue weighted by Gasteiger charge is 2.14. The second kappa shape index (κ2) is 7.64. The Hall–Kier alpha value is -1.30. The maximum absolute atomic E-state index is 5.07. The van der Waals surface area contributed by atoms with Crippen molar-refractivity contribution in [1.29, 1.82) is 0 Å². The third kappa shape index (κ3) is 4.09. The number of hydrogen-bond acceptors (Lipinski definition) is 4. The second-order valence-corrected chi connectivity index (χ2v) is 6.06. The van der Waals surface area contributed by atoms with Crippen LogP contribution in [-0.4, -0.2) is 30.0 Å². The summed E-state index contributed by atoms with van der Waals surface area (Å²) in [5.74, 6) is 0. The quantitative estimate of drug-likeness (QED) is 0.798. The minimum atomic E-state index is 0.722. The van der Waals surface area contributed by atoms with Gasteiger partial charge in [-0.15, -0.1) is 0 Å². The topological polar surface area (TPSA) is 39.1 Å². The Labute approximate surface area is 130 Å². The van der Waals surface area contributed by atoms with Crippen LogP contribution in [0.25, 0.3) is 0 Å². The molecule has 0 spiro atoms. The zero-order valence-electron chi connectivity index (χ0n) is 13.1. The van der Waals surface area contributed by atoms with Gasteiger partial charge in [-0.05, 0) is 25.5 Å². The fourth-order valence-electron chi connectivity index (χ4n) is 2.17. The molecule has 0 saturated carbocycles. The van der Waals surface area contributed by atoms with E-state index in [0.29, 0.717) is 0 Å². The maximum Gasteiger partial charge on any atom is 0.103 e. The summed E-state index contributed by atoms with van der Waals surface area (Å²) in [5, 5.41) is 9.17. The van der Waals surface area contributed by atoms with Crippen LogP contribution in [-0.2, 0) is 18.3 Å². The molecule has 0 atom stereocenters. The molecule has 2 aromatic rings. The van der Waals surface area contributed by atoms with Crippen LogP contribution in [0.5, 0.6) is 0 Å². The number of rotatable bonds is 7. The van der Waals surface area contributed by atoms with Gasteiger partial charge in [0.1, 0.15) is 5.03 Å². The van der Waals surface area contributed by atoms with Crippen molar-refractivity contribution in [1.82, 2.24) is 15.1 Å². The highest BCUT2D eigenvalue weighted by atomic mass is 32.2. The lowest BCUT2D eigenvalue weighted by Crippen LogP contribution is -2.19. The number of benzene rings is 1. The molecule has 0 amide bonds. The van der Waals surface area contributed by atoms with E-state index in [0.717, 1.165) is 25.4 Å². The maximum atomic E-state index is 5.07. The molecule has 4 nitrogen and oxygen atoms in total. The van der Waals surface area contributed by atoms with Crippen molar-refractivity contribution in [2.75, 3.05) is 20.3 Å². The minimum absolute atomic E-state index is 0.722. The number of aryl methyl sites for hydroxylation is 3. The first-order chi connectivity index (χ1) is 10.1. The zero-order chi connectivity index (χ0) is 15.2. The molecular weight excluding hydrogens is 282 g/mol. The lowest BCUT2D eigenvalue weighted by Gasteiger charge is -2.09. The fraction of sp³-hybridized carbons (Fsp3) is 0.438. The third-order valence-corrected chi connectivity index (χ3v) is 4.76. The van der Waals surface area contributed by atoms with Gasteiger partial charge in [-0.3, -0.25) is 4.68 Å². The summed E-state index contributed by atoms with van der Waals surface area (Å²) >= 11 is 1.78. The smallest absolute Gasteiger partial charge is 0.103 e. The van der Waals surface area contributed by atoms with Crippen LogP contribution in [0.1, 0.15) is 16.8 Å². The van der Waals surface area contributed by atoms with E-state index in [1.54, 1.807) is 18.9 Å². The molecule has 1 heterocycles. The molecule has 5 heteroatoms. The molecule has 114 valence electrons. The monoisotopic (exact) mass is 305 g/mol. The summed E-state index contributed by atoms with van der Waals surface area (Å²) in [5.41, 5.74) is 3.64. The zero-order valence-corrected chi connectivity index (χ0v) is 14.0. The first-order valence-electron chi connectivity index (χ1n) is 7.09. The number of nitrogens with zero attached hydrogens (tertiary/aromatic N) is 2. The van der Waals surface area contributed by atoms with Crippen LogP contribution >= 0.6 is 11.8 Å². The molecule has 0 aliphatic rings. The molecule has 21 heavy (non-hydrogen) atoms. The van der Waals surface area contributed by atoms with Crippen molar-refractivity contribution in [3.05, 3.63) is 41.1 Å². The molecule has 0 bridgehead atoms. The number of aromatic nitrogens is 2. The molecule has 2 rings (SSSR count). The van der Waals surface area contributed by atoms with E-state index in [9.17, 15) is 0 Å². The number of methoxy groups -OCH3 is 1. The van der Waals surface area contributed by atoms with Crippen LogP contribution in [0.4, 0.5) is 0 Å². The Morgan fingerprint density at radius 3 is 2.76 bits per heavy atom. The normalized spacial score (nSPS) is 11.0. The number of hydrogen-bond donors (Lipinski definition) is 1. The Kier molecular flexibility index (Phi) is 5.85. The Morgan fingerprint density at radius 2 is 2.05 bits per heavy atom. The van der Waals surface area contributed by atoms with E-state index in [1.165, 1.54) is 21.0 Å². The van der Waals surface area contributed by atoms with Crippen LogP contribution in [0.2, 0.25) is 0 Å². The molecule has 1 N–H and O–H groups in total. The van der Waals surface area contributed by atoms with E-state index < -0.39 is 0 Å². The summed E-state index contributed by atoms with van der Waals surface area (Å²) in [6.45, 7) is 6.59. The van der Waals surface area contributed by atoms with Crippen molar-refractivity contribution < 1.29 is 4.74 Å². The molecule has 0 radical (unpaired) electrons. The van der Waals surface area contributed by atoms with Crippen LogP contribution in [0.15, 0.2) is 34.2 Å². The largest absolute Gasteiger partial charge is 0.383 e. The third-order valence-electron chi connectivity index (χ3n) is 3.37. The predicted octanol–water partition coefficient (Wildman–Crippen LogP) is 2.92. The van der Waals surface area contributed by atoms with E-state index in [1.807, 2.05) is 11.7 Å². The second-order valence-electron chi connectivity index (χ2n) is 5.03. The standard InChI is InChI=1S/C16H23N3OS/c1-12-7-5-6-8-15(12)21-16-14(11-17-9-10-20-4)13(2)18-19(16)3/h5-8,17H,9-11H2,1-4H3. The number of nitrogens with one attached hydrogen (secondary N) is 1. The van der Waals surface area contributed by atoms with Crippen molar-refractivity contribution in [2.45, 2.75) is 30.3 Å². The summed E-state index contributed by atoms with van der Waals surface area (Å²) in [6, 6.07) is 8.45. The molecule has 0 fully saturated rings. The van der Waals surface area contributed by atoms with Gasteiger partial charge in [0.15, 0.2) is 0 Å². The summed E-state index contributed by atoms with van der Waals surface area (Å²) in [4.78, 5) is 1.28. The van der Waals surface area contributed by atoms with Crippen molar-refractivity contribution in [3.8, 4) is 0 Å². The highest BCUT2D eigenvalue weighted by Crippen LogP contribution is 2.33. The van der Waals surface area contributed by atoms with Gasteiger partial charge in [0.25, 0.3) is 0 Å². The molecule has 0 unspecified atom stereocenters. The molecule has 0 aliphatic heterocycles. The van der Waals surface area contributed by atoms with Crippen molar-refractivity contribution in [3.63, 3.8) is 0 Å². The molecule has 0 saturated heterocycles. The van der Waals surface area contributed by atoms with Gasteiger partial charge in [-0.25, -0.2) is 0 Å². The minimum Gasteiger partial charge on any atom is -0.383 e. The van der Waals surface area contributed by atoms with E-state index in [-0.39, 0.29) is 0 Å². The molecule has 1 aromatic carbocycles. The Morgan fingerprint density at radius 1 is 1.29 bits per heavy atom. The van der Waals surface area contributed by atoms with Gasteiger partial charge in [-0.2, -0.15) is 5.10 Å². The van der Waals surface area contributed by atoms with Gasteiger partial charge in [0, 0.05) is 37.7 Å². The van der Waals surface area contributed by atoms with Crippen LogP contribution < -0.4 is 5.32 Å². The Bertz CT molecular complexity index is 595. The Balaban J connectivity index is 2.16. The first-order valence-corrected chi connectivity index (χ1v) is 7.90. The summed E-state index contributed by atoms with van der Waals surface area (Å²) in [6.07, 6.45) is 0. The number of ether oxygens (including phenoxy) is 1. The van der Waals surface area contributed by atoms with Crippen molar-refractivity contribution >= 4 is 11.8 Å². The molecule has 0 aliphatic carbocycles. The SMILES string of the molecule is COCCNCc1c(C)nn(C)c1Sc1ccccc1C. The van der Waals surface area contributed by atoms with Gasteiger partial charge >= 0.3 is 0 Å². The van der Waals surface area contributed by atoms with Crippen molar-refractivity contribution in [2.24, 2.45) is 7.05 Å². The highest BCUT2D eigenvalue weighted by molar-refractivity contribution is 7.99. The van der Waals surface area contributed by atoms with Gasteiger partial charge < -0.3 is 10.1 Å². The average Bonchev–Trinajstić information content (AvgIpc) is 2.72.